The SMILES string of the molecule is CCC(CC)CNC1=NCCCS1. The molecule has 3 heteroatoms. The minimum Gasteiger partial charge on any atom is -0.365 e. The lowest BCUT2D eigenvalue weighted by Gasteiger charge is -2.17. The van der Waals surface area contributed by atoms with Crippen molar-refractivity contribution >= 4 is 16.9 Å². The predicted molar refractivity (Wildman–Crippen MR) is 61.5 cm³/mol. The molecule has 0 unspecified atom stereocenters. The largest absolute Gasteiger partial charge is 0.365 e. The second kappa shape index (κ2) is 6.30. The maximum absolute atomic E-state index is 4.44. The van der Waals surface area contributed by atoms with E-state index < -0.39 is 0 Å². The smallest absolute Gasteiger partial charge is 0.156 e. The second-order valence-electron chi connectivity index (χ2n) is 3.45. The number of rotatable bonds is 4. The molecular weight excluding hydrogens is 180 g/mol. The first-order valence-electron chi connectivity index (χ1n) is 5.28. The van der Waals surface area contributed by atoms with Gasteiger partial charge in [-0.05, 0) is 12.3 Å². The predicted octanol–water partition coefficient (Wildman–Crippen LogP) is 2.51. The highest BCUT2D eigenvalue weighted by Gasteiger charge is 2.07. The van der Waals surface area contributed by atoms with Crippen LogP contribution in [0.3, 0.4) is 0 Å². The standard InChI is InChI=1S/C10H20N2S/c1-3-9(4-2)8-12-10-11-6-5-7-13-10/h9H,3-8H2,1-2H3,(H,11,12). The van der Waals surface area contributed by atoms with Gasteiger partial charge in [0.1, 0.15) is 0 Å². The van der Waals surface area contributed by atoms with E-state index in [0.29, 0.717) is 0 Å². The van der Waals surface area contributed by atoms with E-state index in [9.17, 15) is 0 Å². The summed E-state index contributed by atoms with van der Waals surface area (Å²) < 4.78 is 0. The first-order chi connectivity index (χ1) is 6.36. The van der Waals surface area contributed by atoms with Gasteiger partial charge in [-0.15, -0.1) is 0 Å². The zero-order chi connectivity index (χ0) is 9.52. The summed E-state index contributed by atoms with van der Waals surface area (Å²) in [5, 5.41) is 4.60. The van der Waals surface area contributed by atoms with E-state index in [1.165, 1.54) is 25.0 Å². The Bertz CT molecular complexity index is 164. The van der Waals surface area contributed by atoms with Crippen molar-refractivity contribution in [2.24, 2.45) is 10.9 Å². The molecule has 0 aromatic carbocycles. The third kappa shape index (κ3) is 4.03. The van der Waals surface area contributed by atoms with Crippen molar-refractivity contribution in [3.05, 3.63) is 0 Å². The Hall–Kier alpha value is -0.180. The fourth-order valence-corrected chi connectivity index (χ4v) is 2.21. The molecule has 2 nitrogen and oxygen atoms in total. The third-order valence-electron chi connectivity index (χ3n) is 2.49. The van der Waals surface area contributed by atoms with Crippen LogP contribution < -0.4 is 5.32 Å². The molecule has 1 N–H and O–H groups in total. The molecule has 0 radical (unpaired) electrons. The number of nitrogens with one attached hydrogen (secondary N) is 1. The minimum atomic E-state index is 0.810. The van der Waals surface area contributed by atoms with Crippen LogP contribution in [0.5, 0.6) is 0 Å². The van der Waals surface area contributed by atoms with Gasteiger partial charge >= 0.3 is 0 Å². The zero-order valence-electron chi connectivity index (χ0n) is 8.68. The van der Waals surface area contributed by atoms with E-state index in [4.69, 9.17) is 0 Å². The number of hydrogen-bond donors (Lipinski definition) is 1. The van der Waals surface area contributed by atoms with Gasteiger partial charge in [0, 0.05) is 18.8 Å². The van der Waals surface area contributed by atoms with Crippen LogP contribution in [0.1, 0.15) is 33.1 Å². The maximum atomic E-state index is 4.44. The van der Waals surface area contributed by atoms with Gasteiger partial charge in [0.25, 0.3) is 0 Å². The van der Waals surface area contributed by atoms with Crippen LogP contribution in [0.2, 0.25) is 0 Å². The average molecular weight is 200 g/mol. The van der Waals surface area contributed by atoms with Gasteiger partial charge in [-0.2, -0.15) is 0 Å². The fourth-order valence-electron chi connectivity index (χ4n) is 1.38. The lowest BCUT2D eigenvalue weighted by atomic mass is 10.0. The number of hydrogen-bond acceptors (Lipinski definition) is 3. The molecule has 0 fully saturated rings. The fraction of sp³-hybridized carbons (Fsp3) is 0.900. The summed E-state index contributed by atoms with van der Waals surface area (Å²) in [6.45, 7) is 6.62. The zero-order valence-corrected chi connectivity index (χ0v) is 9.49. The number of aliphatic imine (C=N–C) groups is 1. The summed E-state index contributed by atoms with van der Waals surface area (Å²) in [5.41, 5.74) is 0. The number of nitrogens with zero attached hydrogens (tertiary/aromatic N) is 1. The van der Waals surface area contributed by atoms with E-state index in [1.54, 1.807) is 0 Å². The lowest BCUT2D eigenvalue weighted by molar-refractivity contribution is 0.485. The summed E-state index contributed by atoms with van der Waals surface area (Å²) in [6, 6.07) is 0. The van der Waals surface area contributed by atoms with Crippen LogP contribution in [-0.4, -0.2) is 24.0 Å². The molecule has 0 aliphatic carbocycles. The molecule has 0 aromatic rings. The molecule has 1 aliphatic rings. The van der Waals surface area contributed by atoms with Gasteiger partial charge in [0.05, 0.1) is 0 Å². The topological polar surface area (TPSA) is 24.4 Å². The van der Waals surface area contributed by atoms with Gasteiger partial charge in [-0.3, -0.25) is 4.99 Å². The van der Waals surface area contributed by atoms with Crippen molar-refractivity contribution in [3.63, 3.8) is 0 Å². The van der Waals surface area contributed by atoms with Crippen LogP contribution in [0.4, 0.5) is 0 Å². The van der Waals surface area contributed by atoms with E-state index >= 15 is 0 Å². The lowest BCUT2D eigenvalue weighted by Crippen LogP contribution is -2.28. The van der Waals surface area contributed by atoms with Crippen LogP contribution in [0, 0.1) is 5.92 Å². The van der Waals surface area contributed by atoms with Crippen molar-refractivity contribution in [2.45, 2.75) is 33.1 Å². The molecule has 1 aliphatic heterocycles. The second-order valence-corrected chi connectivity index (χ2v) is 4.54. The van der Waals surface area contributed by atoms with Crippen LogP contribution in [0.15, 0.2) is 4.99 Å². The Morgan fingerprint density at radius 1 is 1.46 bits per heavy atom. The summed E-state index contributed by atoms with van der Waals surface area (Å²) in [6.07, 6.45) is 3.77. The molecule has 0 saturated carbocycles. The molecule has 76 valence electrons. The highest BCUT2D eigenvalue weighted by Crippen LogP contribution is 2.11. The summed E-state index contributed by atoms with van der Waals surface area (Å²) in [4.78, 5) is 4.44. The van der Waals surface area contributed by atoms with Gasteiger partial charge in [0.2, 0.25) is 0 Å². The van der Waals surface area contributed by atoms with Gasteiger partial charge in [-0.1, -0.05) is 38.5 Å². The summed E-state index contributed by atoms with van der Waals surface area (Å²) in [7, 11) is 0. The summed E-state index contributed by atoms with van der Waals surface area (Å²) in [5.74, 6) is 2.04. The molecular formula is C10H20N2S. The molecule has 1 heterocycles. The van der Waals surface area contributed by atoms with E-state index in [2.05, 4.69) is 24.2 Å². The van der Waals surface area contributed by atoms with Crippen LogP contribution >= 0.6 is 11.8 Å². The Morgan fingerprint density at radius 2 is 2.23 bits per heavy atom. The molecule has 0 spiro atoms. The van der Waals surface area contributed by atoms with Gasteiger partial charge < -0.3 is 5.32 Å². The summed E-state index contributed by atoms with van der Waals surface area (Å²) >= 11 is 1.87. The van der Waals surface area contributed by atoms with Crippen molar-refractivity contribution < 1.29 is 0 Å². The van der Waals surface area contributed by atoms with E-state index in [-0.39, 0.29) is 0 Å². The first kappa shape index (κ1) is 10.9. The Kier molecular flexibility index (Phi) is 5.28. The molecule has 0 amide bonds. The minimum absolute atomic E-state index is 0.810. The molecule has 0 saturated heterocycles. The van der Waals surface area contributed by atoms with Gasteiger partial charge in [-0.25, -0.2) is 0 Å². The maximum Gasteiger partial charge on any atom is 0.156 e. The van der Waals surface area contributed by atoms with Crippen LogP contribution in [-0.2, 0) is 0 Å². The number of amidine groups is 1. The average Bonchev–Trinajstić information content (AvgIpc) is 2.21. The van der Waals surface area contributed by atoms with Crippen molar-refractivity contribution in [3.8, 4) is 0 Å². The number of thioether (sulfide) groups is 1. The highest BCUT2D eigenvalue weighted by molar-refractivity contribution is 8.13. The molecule has 13 heavy (non-hydrogen) atoms. The normalized spacial score (nSPS) is 17.3. The van der Waals surface area contributed by atoms with Crippen molar-refractivity contribution in [1.82, 2.24) is 5.32 Å². The molecule has 0 aromatic heterocycles. The van der Waals surface area contributed by atoms with E-state index in [1.807, 2.05) is 11.8 Å². The molecule has 1 rings (SSSR count). The Labute approximate surface area is 85.6 Å². The monoisotopic (exact) mass is 200 g/mol. The first-order valence-corrected chi connectivity index (χ1v) is 6.26. The van der Waals surface area contributed by atoms with E-state index in [0.717, 1.165) is 24.2 Å². The highest BCUT2D eigenvalue weighted by atomic mass is 32.2. The Balaban J connectivity index is 2.20. The Morgan fingerprint density at radius 3 is 2.77 bits per heavy atom. The van der Waals surface area contributed by atoms with Crippen molar-refractivity contribution in [2.75, 3.05) is 18.8 Å². The van der Waals surface area contributed by atoms with Crippen LogP contribution in [0.25, 0.3) is 0 Å². The molecule has 0 atom stereocenters. The third-order valence-corrected chi connectivity index (χ3v) is 3.53. The van der Waals surface area contributed by atoms with Crippen molar-refractivity contribution in [1.29, 1.82) is 0 Å². The quantitative estimate of drug-likeness (QED) is 0.754. The molecule has 0 bridgehead atoms. The van der Waals surface area contributed by atoms with Gasteiger partial charge in [0.15, 0.2) is 5.17 Å².